The van der Waals surface area contributed by atoms with Crippen molar-refractivity contribution in [2.75, 3.05) is 13.1 Å². The largest absolute Gasteiger partial charge is 0.461 e. The number of rotatable bonds is 4. The number of esters is 1. The molecule has 1 aliphatic heterocycles. The number of halogens is 1. The first kappa shape index (κ1) is 14.7. The lowest BCUT2D eigenvalue weighted by atomic mass is 9.92. The molecule has 22 heavy (non-hydrogen) atoms. The van der Waals surface area contributed by atoms with Crippen LogP contribution in [0.5, 0.6) is 0 Å². The average Bonchev–Trinajstić information content (AvgIpc) is 3.04. The number of carbonyl (C=O) groups is 1. The van der Waals surface area contributed by atoms with E-state index in [1.165, 1.54) is 12.3 Å². The molecule has 0 spiro atoms. The smallest absolute Gasteiger partial charge is 0.311 e. The Morgan fingerprint density at radius 1 is 1.23 bits per heavy atom. The van der Waals surface area contributed by atoms with E-state index in [0.29, 0.717) is 18.8 Å². The molecule has 5 heteroatoms. The third-order valence-electron chi connectivity index (χ3n) is 3.87. The zero-order valence-electron chi connectivity index (χ0n) is 12.0. The molecule has 1 aliphatic rings. The summed E-state index contributed by atoms with van der Waals surface area (Å²) < 4.78 is 18.4. The second kappa shape index (κ2) is 6.66. The molecule has 0 saturated carbocycles. The molecule has 1 fully saturated rings. The topological polar surface area (TPSA) is 51.2 Å². The SMILES string of the molecule is O=C(OCc1ccccc1)[C@@H]1CNC[C@H]1c1ccc(F)cn1. The van der Waals surface area contributed by atoms with Crippen LogP contribution in [-0.4, -0.2) is 24.0 Å². The van der Waals surface area contributed by atoms with Crippen molar-refractivity contribution in [2.45, 2.75) is 12.5 Å². The minimum Gasteiger partial charge on any atom is -0.461 e. The number of aromatic nitrogens is 1. The van der Waals surface area contributed by atoms with Gasteiger partial charge in [-0.05, 0) is 17.7 Å². The number of pyridine rings is 1. The highest BCUT2D eigenvalue weighted by molar-refractivity contribution is 5.74. The fourth-order valence-corrected chi connectivity index (χ4v) is 2.68. The number of nitrogens with zero attached hydrogens (tertiary/aromatic N) is 1. The molecule has 4 nitrogen and oxygen atoms in total. The number of benzene rings is 1. The minimum atomic E-state index is -0.377. The molecule has 3 rings (SSSR count). The second-order valence-corrected chi connectivity index (χ2v) is 5.37. The Bertz CT molecular complexity index is 631. The van der Waals surface area contributed by atoms with Gasteiger partial charge in [-0.1, -0.05) is 30.3 Å². The molecule has 1 aromatic carbocycles. The lowest BCUT2D eigenvalue weighted by molar-refractivity contribution is -0.149. The molecule has 2 heterocycles. The van der Waals surface area contributed by atoms with Gasteiger partial charge < -0.3 is 10.1 Å². The van der Waals surface area contributed by atoms with Crippen molar-refractivity contribution in [1.29, 1.82) is 0 Å². The van der Waals surface area contributed by atoms with Crippen molar-refractivity contribution in [2.24, 2.45) is 5.92 Å². The zero-order valence-corrected chi connectivity index (χ0v) is 12.0. The number of ether oxygens (including phenoxy) is 1. The monoisotopic (exact) mass is 300 g/mol. The highest BCUT2D eigenvalue weighted by Gasteiger charge is 2.36. The molecule has 0 radical (unpaired) electrons. The van der Waals surface area contributed by atoms with E-state index in [1.807, 2.05) is 30.3 Å². The second-order valence-electron chi connectivity index (χ2n) is 5.37. The lowest BCUT2D eigenvalue weighted by Gasteiger charge is -2.17. The number of carbonyl (C=O) groups excluding carboxylic acids is 1. The zero-order chi connectivity index (χ0) is 15.4. The highest BCUT2D eigenvalue weighted by Crippen LogP contribution is 2.28. The molecule has 0 bridgehead atoms. The minimum absolute atomic E-state index is 0.0797. The Morgan fingerprint density at radius 3 is 2.77 bits per heavy atom. The molecule has 2 atom stereocenters. The van der Waals surface area contributed by atoms with Gasteiger partial charge in [-0.3, -0.25) is 9.78 Å². The maximum atomic E-state index is 13.0. The molecule has 1 N–H and O–H groups in total. The average molecular weight is 300 g/mol. The fourth-order valence-electron chi connectivity index (χ4n) is 2.68. The third kappa shape index (κ3) is 3.31. The molecular formula is C17H17FN2O2. The molecule has 0 aliphatic carbocycles. The molecule has 2 aromatic rings. The van der Waals surface area contributed by atoms with Crippen LogP contribution in [0.4, 0.5) is 4.39 Å². The predicted octanol–water partition coefficient (Wildman–Crippen LogP) is 2.27. The molecule has 114 valence electrons. The van der Waals surface area contributed by atoms with E-state index in [2.05, 4.69) is 10.3 Å². The van der Waals surface area contributed by atoms with E-state index in [0.717, 1.165) is 5.56 Å². The summed E-state index contributed by atoms with van der Waals surface area (Å²) in [5.41, 5.74) is 1.67. The van der Waals surface area contributed by atoms with Crippen molar-refractivity contribution in [3.63, 3.8) is 0 Å². The molecule has 1 saturated heterocycles. The summed E-state index contributed by atoms with van der Waals surface area (Å²) in [5, 5.41) is 3.18. The van der Waals surface area contributed by atoms with Crippen LogP contribution >= 0.6 is 0 Å². The van der Waals surface area contributed by atoms with Gasteiger partial charge in [-0.15, -0.1) is 0 Å². The quantitative estimate of drug-likeness (QED) is 0.880. The summed E-state index contributed by atoms with van der Waals surface area (Å²) in [6.07, 6.45) is 1.18. The van der Waals surface area contributed by atoms with E-state index in [4.69, 9.17) is 4.74 Å². The number of nitrogens with one attached hydrogen (secondary N) is 1. The first-order valence-electron chi connectivity index (χ1n) is 7.27. The van der Waals surface area contributed by atoms with Gasteiger partial charge in [0.15, 0.2) is 0 Å². The summed E-state index contributed by atoms with van der Waals surface area (Å²) in [7, 11) is 0. The van der Waals surface area contributed by atoms with Gasteiger partial charge in [-0.2, -0.15) is 0 Å². The Hall–Kier alpha value is -2.27. The summed E-state index contributed by atoms with van der Waals surface area (Å²) in [4.78, 5) is 16.4. The Morgan fingerprint density at radius 2 is 2.05 bits per heavy atom. The van der Waals surface area contributed by atoms with Crippen LogP contribution in [0.2, 0.25) is 0 Å². The maximum absolute atomic E-state index is 13.0. The summed E-state index contributed by atoms with van der Waals surface area (Å²) in [5.74, 6) is -0.992. The molecule has 1 aromatic heterocycles. The van der Waals surface area contributed by atoms with Gasteiger partial charge in [0.2, 0.25) is 0 Å². The Balaban J connectivity index is 1.65. The molecular weight excluding hydrogens is 283 g/mol. The maximum Gasteiger partial charge on any atom is 0.311 e. The van der Waals surface area contributed by atoms with Gasteiger partial charge in [0.05, 0.1) is 12.1 Å². The van der Waals surface area contributed by atoms with Crippen LogP contribution in [0.3, 0.4) is 0 Å². The van der Waals surface area contributed by atoms with E-state index in [9.17, 15) is 9.18 Å². The van der Waals surface area contributed by atoms with Gasteiger partial charge in [-0.25, -0.2) is 4.39 Å². The van der Waals surface area contributed by atoms with Crippen LogP contribution in [0.1, 0.15) is 17.2 Å². The summed E-state index contributed by atoms with van der Waals surface area (Å²) in [6, 6.07) is 12.6. The van der Waals surface area contributed by atoms with Gasteiger partial charge >= 0.3 is 5.97 Å². The van der Waals surface area contributed by atoms with Gasteiger partial charge in [0.1, 0.15) is 12.4 Å². The fraction of sp³-hybridized carbons (Fsp3) is 0.294. The van der Waals surface area contributed by atoms with Crippen LogP contribution in [0.15, 0.2) is 48.7 Å². The van der Waals surface area contributed by atoms with E-state index >= 15 is 0 Å². The summed E-state index contributed by atoms with van der Waals surface area (Å²) in [6.45, 7) is 1.46. The van der Waals surface area contributed by atoms with Crippen molar-refractivity contribution in [1.82, 2.24) is 10.3 Å². The van der Waals surface area contributed by atoms with Crippen LogP contribution in [-0.2, 0) is 16.1 Å². The first-order valence-corrected chi connectivity index (χ1v) is 7.27. The Labute approximate surface area is 128 Å². The van der Waals surface area contributed by atoms with Crippen molar-refractivity contribution >= 4 is 5.97 Å². The van der Waals surface area contributed by atoms with E-state index in [1.54, 1.807) is 6.07 Å². The van der Waals surface area contributed by atoms with Crippen molar-refractivity contribution in [3.05, 3.63) is 65.7 Å². The normalized spacial score (nSPS) is 20.8. The van der Waals surface area contributed by atoms with E-state index in [-0.39, 0.29) is 30.2 Å². The Kier molecular flexibility index (Phi) is 4.44. The standard InChI is InChI=1S/C17H17FN2O2/c18-13-6-7-16(20-8-13)14-9-19-10-15(14)17(21)22-11-12-4-2-1-3-5-12/h1-8,14-15,19H,9-11H2/t14-,15-/m1/s1. The van der Waals surface area contributed by atoms with Gasteiger partial charge in [0.25, 0.3) is 0 Å². The van der Waals surface area contributed by atoms with Crippen molar-refractivity contribution < 1.29 is 13.9 Å². The number of hydrogen-bond donors (Lipinski definition) is 1. The number of hydrogen-bond acceptors (Lipinski definition) is 4. The van der Waals surface area contributed by atoms with E-state index < -0.39 is 0 Å². The third-order valence-corrected chi connectivity index (χ3v) is 3.87. The van der Waals surface area contributed by atoms with Crippen LogP contribution in [0.25, 0.3) is 0 Å². The first-order chi connectivity index (χ1) is 10.7. The van der Waals surface area contributed by atoms with Crippen LogP contribution < -0.4 is 5.32 Å². The van der Waals surface area contributed by atoms with Crippen molar-refractivity contribution in [3.8, 4) is 0 Å². The van der Waals surface area contributed by atoms with Crippen LogP contribution in [0, 0.1) is 11.7 Å². The molecule has 0 unspecified atom stereocenters. The lowest BCUT2D eigenvalue weighted by Crippen LogP contribution is -2.24. The molecule has 0 amide bonds. The predicted molar refractivity (Wildman–Crippen MR) is 79.5 cm³/mol. The highest BCUT2D eigenvalue weighted by atomic mass is 19.1. The van der Waals surface area contributed by atoms with Gasteiger partial charge in [0, 0.05) is 24.7 Å². The summed E-state index contributed by atoms with van der Waals surface area (Å²) >= 11 is 0.